The van der Waals surface area contributed by atoms with E-state index in [9.17, 15) is 0 Å². The summed E-state index contributed by atoms with van der Waals surface area (Å²) < 4.78 is 1.78. The normalized spacial score (nSPS) is 10.6. The van der Waals surface area contributed by atoms with Crippen LogP contribution >= 0.6 is 23.6 Å². The average Bonchev–Trinajstić information content (AvgIpc) is 2.79. The Morgan fingerprint density at radius 1 is 1.56 bits per heavy atom. The van der Waals surface area contributed by atoms with Gasteiger partial charge < -0.3 is 11.1 Å². The molecule has 0 aliphatic carbocycles. The molecule has 0 amide bonds. The van der Waals surface area contributed by atoms with E-state index in [-0.39, 0.29) is 0 Å². The third-order valence-corrected chi connectivity index (χ3v) is 4.08. The first-order valence-corrected chi connectivity index (χ1v) is 6.89. The zero-order chi connectivity index (χ0) is 13.3. The molecule has 0 aromatic carbocycles. The van der Waals surface area contributed by atoms with Gasteiger partial charge in [-0.05, 0) is 30.9 Å². The molecule has 0 bridgehead atoms. The Morgan fingerprint density at radius 2 is 2.28 bits per heavy atom. The topological polar surface area (TPSA) is 55.9 Å². The second-order valence-electron chi connectivity index (χ2n) is 4.18. The minimum Gasteiger partial charge on any atom is -0.389 e. The lowest BCUT2D eigenvalue weighted by Crippen LogP contribution is -2.14. The Balaban J connectivity index is 2.24. The van der Waals surface area contributed by atoms with Gasteiger partial charge >= 0.3 is 0 Å². The number of nitrogens with one attached hydrogen (secondary N) is 1. The molecule has 0 fully saturated rings. The van der Waals surface area contributed by atoms with Crippen LogP contribution in [-0.2, 0) is 13.6 Å². The van der Waals surface area contributed by atoms with Gasteiger partial charge in [0.2, 0.25) is 0 Å². The van der Waals surface area contributed by atoms with Gasteiger partial charge in [0.25, 0.3) is 0 Å². The maximum Gasteiger partial charge on any atom is 0.134 e. The lowest BCUT2D eigenvalue weighted by atomic mass is 10.2. The summed E-state index contributed by atoms with van der Waals surface area (Å²) in [6.45, 7) is 4.78. The molecule has 0 saturated heterocycles. The lowest BCUT2D eigenvalue weighted by Gasteiger charge is -2.08. The minimum atomic E-state index is 0.381. The van der Waals surface area contributed by atoms with Crippen LogP contribution in [0.1, 0.15) is 21.7 Å². The van der Waals surface area contributed by atoms with Gasteiger partial charge in [0.05, 0.1) is 17.8 Å². The van der Waals surface area contributed by atoms with Crippen molar-refractivity contribution in [2.75, 3.05) is 5.32 Å². The van der Waals surface area contributed by atoms with Gasteiger partial charge in [-0.25, -0.2) is 0 Å². The van der Waals surface area contributed by atoms with Crippen molar-refractivity contribution in [2.45, 2.75) is 20.4 Å². The van der Waals surface area contributed by atoms with Gasteiger partial charge in [0, 0.05) is 11.9 Å². The molecule has 3 N–H and O–H groups in total. The molecular weight excluding hydrogens is 264 g/mol. The van der Waals surface area contributed by atoms with Crippen LogP contribution in [0.2, 0.25) is 0 Å². The fraction of sp³-hybridized carbons (Fsp3) is 0.333. The van der Waals surface area contributed by atoms with Crippen LogP contribution in [0, 0.1) is 13.8 Å². The largest absolute Gasteiger partial charge is 0.389 e. The summed E-state index contributed by atoms with van der Waals surface area (Å²) in [4.78, 5) is 1.69. The van der Waals surface area contributed by atoms with E-state index in [1.54, 1.807) is 16.0 Å². The first-order chi connectivity index (χ1) is 8.50. The van der Waals surface area contributed by atoms with E-state index in [1.807, 2.05) is 14.0 Å². The summed E-state index contributed by atoms with van der Waals surface area (Å²) in [7, 11) is 1.89. The molecule has 0 unspecified atom stereocenters. The molecule has 4 nitrogen and oxygen atoms in total. The second kappa shape index (κ2) is 5.07. The number of thiocarbonyl (C=S) groups is 1. The summed E-state index contributed by atoms with van der Waals surface area (Å²) in [5.74, 6) is 0.882. The number of rotatable bonds is 4. The molecule has 0 radical (unpaired) electrons. The summed E-state index contributed by atoms with van der Waals surface area (Å²) in [5.41, 5.74) is 8.73. The van der Waals surface area contributed by atoms with E-state index >= 15 is 0 Å². The highest BCUT2D eigenvalue weighted by molar-refractivity contribution is 7.80. The van der Waals surface area contributed by atoms with Crippen LogP contribution < -0.4 is 11.1 Å². The molecule has 96 valence electrons. The summed E-state index contributed by atoms with van der Waals surface area (Å²) in [6, 6.07) is 2.12. The summed E-state index contributed by atoms with van der Waals surface area (Å²) in [5, 5.41) is 9.81. The Morgan fingerprint density at radius 3 is 2.83 bits per heavy atom. The van der Waals surface area contributed by atoms with Crippen molar-refractivity contribution in [3.8, 4) is 0 Å². The Labute approximate surface area is 116 Å². The van der Waals surface area contributed by atoms with E-state index < -0.39 is 0 Å². The predicted molar refractivity (Wildman–Crippen MR) is 80.2 cm³/mol. The molecule has 2 aromatic heterocycles. The highest BCUT2D eigenvalue weighted by atomic mass is 32.1. The van der Waals surface area contributed by atoms with Gasteiger partial charge in [-0.2, -0.15) is 5.10 Å². The van der Waals surface area contributed by atoms with Crippen LogP contribution in [0.25, 0.3) is 0 Å². The number of hydrogen-bond acceptors (Lipinski definition) is 4. The molecule has 18 heavy (non-hydrogen) atoms. The van der Waals surface area contributed by atoms with Crippen molar-refractivity contribution in [3.05, 3.63) is 33.1 Å². The average molecular weight is 280 g/mol. The number of nitrogens with two attached hydrogens (primary N) is 1. The smallest absolute Gasteiger partial charge is 0.134 e. The SMILES string of the molecule is Cc1ccsc1CNc1c(C(N)=S)c(C)nn1C. The molecule has 6 heteroatoms. The van der Waals surface area contributed by atoms with E-state index in [0.717, 1.165) is 23.6 Å². The van der Waals surface area contributed by atoms with Gasteiger partial charge in [0.15, 0.2) is 0 Å². The Kier molecular flexibility index (Phi) is 3.68. The molecule has 2 rings (SSSR count). The van der Waals surface area contributed by atoms with Crippen molar-refractivity contribution in [3.63, 3.8) is 0 Å². The molecule has 0 aliphatic rings. The van der Waals surface area contributed by atoms with E-state index in [0.29, 0.717) is 4.99 Å². The number of aromatic nitrogens is 2. The van der Waals surface area contributed by atoms with Crippen LogP contribution in [0.4, 0.5) is 5.82 Å². The molecule has 2 aromatic rings. The third kappa shape index (κ3) is 2.39. The standard InChI is InChI=1S/C12H16N4S2/c1-7-4-5-18-9(7)6-14-12-10(11(13)17)8(2)15-16(12)3/h4-5,14H,6H2,1-3H3,(H2,13,17). The fourth-order valence-corrected chi connectivity index (χ4v) is 3.00. The molecular formula is C12H16N4S2. The van der Waals surface area contributed by atoms with Crippen LogP contribution in [0.3, 0.4) is 0 Å². The molecule has 0 atom stereocenters. The first kappa shape index (κ1) is 13.0. The summed E-state index contributed by atoms with van der Waals surface area (Å²) >= 11 is 6.82. The molecule has 0 saturated carbocycles. The molecule has 0 spiro atoms. The number of aryl methyl sites for hydroxylation is 3. The van der Waals surface area contributed by atoms with Gasteiger partial charge in [-0.1, -0.05) is 12.2 Å². The zero-order valence-electron chi connectivity index (χ0n) is 10.7. The fourth-order valence-electron chi connectivity index (χ4n) is 1.91. The molecule has 2 heterocycles. The van der Waals surface area contributed by atoms with Crippen LogP contribution in [0.15, 0.2) is 11.4 Å². The first-order valence-electron chi connectivity index (χ1n) is 5.61. The highest BCUT2D eigenvalue weighted by Crippen LogP contribution is 2.21. The third-order valence-electron chi connectivity index (χ3n) is 2.85. The number of hydrogen-bond donors (Lipinski definition) is 2. The van der Waals surface area contributed by atoms with Crippen molar-refractivity contribution in [2.24, 2.45) is 12.8 Å². The van der Waals surface area contributed by atoms with Crippen LogP contribution in [0.5, 0.6) is 0 Å². The van der Waals surface area contributed by atoms with E-state index in [2.05, 4.69) is 28.8 Å². The van der Waals surface area contributed by atoms with Gasteiger partial charge in [0.1, 0.15) is 10.8 Å². The maximum absolute atomic E-state index is 5.75. The van der Waals surface area contributed by atoms with Crippen molar-refractivity contribution in [1.29, 1.82) is 0 Å². The monoisotopic (exact) mass is 280 g/mol. The predicted octanol–water partition coefficient (Wildman–Crippen LogP) is 2.34. The Bertz CT molecular complexity index is 583. The quantitative estimate of drug-likeness (QED) is 0.844. The summed E-state index contributed by atoms with van der Waals surface area (Å²) in [6.07, 6.45) is 0. The van der Waals surface area contributed by atoms with Crippen LogP contribution in [-0.4, -0.2) is 14.8 Å². The number of nitrogens with zero attached hydrogens (tertiary/aromatic N) is 2. The second-order valence-corrected chi connectivity index (χ2v) is 5.62. The Hall–Kier alpha value is -1.40. The zero-order valence-corrected chi connectivity index (χ0v) is 12.3. The number of anilines is 1. The minimum absolute atomic E-state index is 0.381. The lowest BCUT2D eigenvalue weighted by molar-refractivity contribution is 0.758. The molecule has 0 aliphatic heterocycles. The van der Waals surface area contributed by atoms with Gasteiger partial charge in [-0.3, -0.25) is 4.68 Å². The van der Waals surface area contributed by atoms with E-state index in [4.69, 9.17) is 18.0 Å². The number of thiophene rings is 1. The van der Waals surface area contributed by atoms with Crippen molar-refractivity contribution in [1.82, 2.24) is 9.78 Å². The van der Waals surface area contributed by atoms with Crippen molar-refractivity contribution < 1.29 is 0 Å². The van der Waals surface area contributed by atoms with E-state index in [1.165, 1.54) is 10.4 Å². The van der Waals surface area contributed by atoms with Crippen molar-refractivity contribution >= 4 is 34.4 Å². The van der Waals surface area contributed by atoms with Gasteiger partial charge in [-0.15, -0.1) is 11.3 Å². The highest BCUT2D eigenvalue weighted by Gasteiger charge is 2.15. The maximum atomic E-state index is 5.75.